The van der Waals surface area contributed by atoms with Crippen molar-refractivity contribution in [1.82, 2.24) is 9.88 Å². The standard InChI is InChI=1S/C14H19N3O2/c1-11(18)7-10-17(2)14(19)13-12(5-3-8-15)6-4-9-16-13/h4,6,9,11,18H,7-8,10,15H2,1-2H3. The van der Waals surface area contributed by atoms with Gasteiger partial charge in [0.05, 0.1) is 18.2 Å². The Morgan fingerprint density at radius 1 is 1.63 bits per heavy atom. The number of rotatable bonds is 4. The van der Waals surface area contributed by atoms with Gasteiger partial charge in [0.2, 0.25) is 0 Å². The van der Waals surface area contributed by atoms with E-state index in [0.29, 0.717) is 24.2 Å². The van der Waals surface area contributed by atoms with Crippen LogP contribution in [-0.4, -0.2) is 47.1 Å². The number of nitrogens with zero attached hydrogens (tertiary/aromatic N) is 2. The molecular weight excluding hydrogens is 242 g/mol. The fourth-order valence-electron chi connectivity index (χ4n) is 1.49. The third kappa shape index (κ3) is 4.70. The Bertz CT molecular complexity index is 489. The summed E-state index contributed by atoms with van der Waals surface area (Å²) >= 11 is 0. The highest BCUT2D eigenvalue weighted by Crippen LogP contribution is 2.07. The van der Waals surface area contributed by atoms with E-state index in [0.717, 1.165) is 0 Å². The van der Waals surface area contributed by atoms with Crippen LogP contribution >= 0.6 is 0 Å². The predicted octanol–water partition coefficient (Wildman–Crippen LogP) is 0.235. The molecule has 102 valence electrons. The van der Waals surface area contributed by atoms with Crippen LogP contribution in [0.3, 0.4) is 0 Å². The summed E-state index contributed by atoms with van der Waals surface area (Å²) in [7, 11) is 1.68. The molecule has 1 heterocycles. The van der Waals surface area contributed by atoms with Crippen molar-refractivity contribution in [2.75, 3.05) is 20.1 Å². The highest BCUT2D eigenvalue weighted by atomic mass is 16.3. The van der Waals surface area contributed by atoms with Gasteiger partial charge in [-0.2, -0.15) is 0 Å². The molecule has 1 unspecified atom stereocenters. The van der Waals surface area contributed by atoms with Gasteiger partial charge in [0.25, 0.3) is 5.91 Å². The molecule has 0 saturated carbocycles. The number of aromatic nitrogens is 1. The lowest BCUT2D eigenvalue weighted by Gasteiger charge is -2.18. The first-order valence-electron chi connectivity index (χ1n) is 6.13. The number of hydrogen-bond acceptors (Lipinski definition) is 4. The monoisotopic (exact) mass is 261 g/mol. The highest BCUT2D eigenvalue weighted by molar-refractivity contribution is 5.94. The van der Waals surface area contributed by atoms with Gasteiger partial charge in [-0.1, -0.05) is 11.8 Å². The van der Waals surface area contributed by atoms with E-state index >= 15 is 0 Å². The first kappa shape index (κ1) is 15.2. The van der Waals surface area contributed by atoms with Crippen molar-refractivity contribution in [3.8, 4) is 11.8 Å². The van der Waals surface area contributed by atoms with Crippen molar-refractivity contribution in [2.45, 2.75) is 19.4 Å². The number of pyridine rings is 1. The van der Waals surface area contributed by atoms with Gasteiger partial charge in [0, 0.05) is 19.8 Å². The summed E-state index contributed by atoms with van der Waals surface area (Å²) < 4.78 is 0. The van der Waals surface area contributed by atoms with Crippen LogP contribution in [-0.2, 0) is 0 Å². The first-order chi connectivity index (χ1) is 9.06. The fourth-order valence-corrected chi connectivity index (χ4v) is 1.49. The largest absolute Gasteiger partial charge is 0.393 e. The fraction of sp³-hybridized carbons (Fsp3) is 0.429. The van der Waals surface area contributed by atoms with Crippen LogP contribution in [0.1, 0.15) is 29.4 Å². The second-order valence-electron chi connectivity index (χ2n) is 4.27. The van der Waals surface area contributed by atoms with Gasteiger partial charge in [-0.25, -0.2) is 4.98 Å². The Hall–Kier alpha value is -1.90. The van der Waals surface area contributed by atoms with Crippen LogP contribution in [0.2, 0.25) is 0 Å². The zero-order valence-corrected chi connectivity index (χ0v) is 11.3. The molecule has 1 aromatic rings. The van der Waals surface area contributed by atoms with Crippen molar-refractivity contribution in [2.24, 2.45) is 5.73 Å². The molecule has 0 aliphatic rings. The predicted molar refractivity (Wildman–Crippen MR) is 73.4 cm³/mol. The molecule has 0 aromatic carbocycles. The average Bonchev–Trinajstić information content (AvgIpc) is 2.42. The van der Waals surface area contributed by atoms with E-state index in [2.05, 4.69) is 16.8 Å². The van der Waals surface area contributed by atoms with E-state index in [4.69, 9.17) is 5.73 Å². The van der Waals surface area contributed by atoms with Gasteiger partial charge in [0.1, 0.15) is 5.69 Å². The molecule has 0 bridgehead atoms. The van der Waals surface area contributed by atoms with Crippen molar-refractivity contribution in [1.29, 1.82) is 0 Å². The zero-order chi connectivity index (χ0) is 14.3. The van der Waals surface area contributed by atoms with Gasteiger partial charge < -0.3 is 15.7 Å². The minimum Gasteiger partial charge on any atom is -0.393 e. The zero-order valence-electron chi connectivity index (χ0n) is 11.3. The molecular formula is C14H19N3O2. The molecule has 1 aromatic heterocycles. The van der Waals surface area contributed by atoms with E-state index in [-0.39, 0.29) is 12.5 Å². The molecule has 0 radical (unpaired) electrons. The van der Waals surface area contributed by atoms with E-state index in [9.17, 15) is 9.90 Å². The smallest absolute Gasteiger partial charge is 0.273 e. The summed E-state index contributed by atoms with van der Waals surface area (Å²) in [6.07, 6.45) is 1.65. The normalized spacial score (nSPS) is 11.4. The Kier molecular flexibility index (Phi) is 6.00. The molecule has 0 saturated heterocycles. The summed E-state index contributed by atoms with van der Waals surface area (Å²) in [5.74, 6) is 5.35. The average molecular weight is 261 g/mol. The van der Waals surface area contributed by atoms with Crippen LogP contribution in [0, 0.1) is 11.8 Å². The third-order valence-corrected chi connectivity index (χ3v) is 2.56. The second kappa shape index (κ2) is 7.52. The number of aliphatic hydroxyl groups excluding tert-OH is 1. The number of carbonyl (C=O) groups is 1. The highest BCUT2D eigenvalue weighted by Gasteiger charge is 2.16. The first-order valence-corrected chi connectivity index (χ1v) is 6.13. The van der Waals surface area contributed by atoms with Gasteiger partial charge in [-0.05, 0) is 25.5 Å². The number of aliphatic hydroxyl groups is 1. The summed E-state index contributed by atoms with van der Waals surface area (Å²) in [6, 6.07) is 3.47. The topological polar surface area (TPSA) is 79.5 Å². The summed E-state index contributed by atoms with van der Waals surface area (Å²) in [5.41, 5.74) is 6.21. The molecule has 5 nitrogen and oxygen atoms in total. The molecule has 3 N–H and O–H groups in total. The molecule has 5 heteroatoms. The van der Waals surface area contributed by atoms with Crippen LogP contribution in [0.5, 0.6) is 0 Å². The lowest BCUT2D eigenvalue weighted by Crippen LogP contribution is -2.30. The van der Waals surface area contributed by atoms with Gasteiger partial charge in [-0.15, -0.1) is 0 Å². The van der Waals surface area contributed by atoms with Crippen LogP contribution in [0.25, 0.3) is 0 Å². The van der Waals surface area contributed by atoms with E-state index < -0.39 is 6.10 Å². The van der Waals surface area contributed by atoms with Gasteiger partial charge >= 0.3 is 0 Å². The van der Waals surface area contributed by atoms with Crippen molar-refractivity contribution >= 4 is 5.91 Å². The third-order valence-electron chi connectivity index (χ3n) is 2.56. The molecule has 0 aliphatic carbocycles. The quantitative estimate of drug-likeness (QED) is 0.761. The van der Waals surface area contributed by atoms with E-state index in [1.807, 2.05) is 0 Å². The number of carbonyl (C=O) groups excluding carboxylic acids is 1. The number of amides is 1. The van der Waals surface area contributed by atoms with Crippen molar-refractivity contribution in [3.63, 3.8) is 0 Å². The van der Waals surface area contributed by atoms with E-state index in [1.54, 1.807) is 32.3 Å². The Labute approximate surface area is 113 Å². The summed E-state index contributed by atoms with van der Waals surface area (Å²) in [5, 5.41) is 9.23. The lowest BCUT2D eigenvalue weighted by atomic mass is 10.1. The van der Waals surface area contributed by atoms with Crippen LogP contribution in [0.4, 0.5) is 0 Å². The number of hydrogen-bond donors (Lipinski definition) is 2. The van der Waals surface area contributed by atoms with Crippen molar-refractivity contribution in [3.05, 3.63) is 29.6 Å². The Morgan fingerprint density at radius 3 is 3.00 bits per heavy atom. The summed E-state index contributed by atoms with van der Waals surface area (Å²) in [4.78, 5) is 17.8. The van der Waals surface area contributed by atoms with Crippen LogP contribution < -0.4 is 5.73 Å². The second-order valence-corrected chi connectivity index (χ2v) is 4.27. The minimum atomic E-state index is -0.435. The SMILES string of the molecule is CC(O)CCN(C)C(=O)c1ncccc1C#CCN. The van der Waals surface area contributed by atoms with Gasteiger partial charge in [-0.3, -0.25) is 4.79 Å². The maximum atomic E-state index is 12.2. The number of nitrogens with two attached hydrogens (primary N) is 1. The Balaban J connectivity index is 2.87. The molecule has 19 heavy (non-hydrogen) atoms. The molecule has 1 amide bonds. The molecule has 0 fully saturated rings. The molecule has 1 rings (SSSR count). The van der Waals surface area contributed by atoms with Gasteiger partial charge in [0.15, 0.2) is 0 Å². The van der Waals surface area contributed by atoms with Crippen molar-refractivity contribution < 1.29 is 9.90 Å². The maximum Gasteiger partial charge on any atom is 0.273 e. The summed E-state index contributed by atoms with van der Waals surface area (Å²) in [6.45, 7) is 2.40. The maximum absolute atomic E-state index is 12.2. The minimum absolute atomic E-state index is 0.206. The van der Waals surface area contributed by atoms with Crippen LogP contribution in [0.15, 0.2) is 18.3 Å². The molecule has 0 spiro atoms. The molecule has 0 aliphatic heterocycles. The molecule has 1 atom stereocenters. The Morgan fingerprint density at radius 2 is 2.37 bits per heavy atom. The van der Waals surface area contributed by atoms with E-state index in [1.165, 1.54) is 4.90 Å². The lowest BCUT2D eigenvalue weighted by molar-refractivity contribution is 0.0763.